The van der Waals surface area contributed by atoms with Crippen LogP contribution in [-0.4, -0.2) is 29.9 Å². The van der Waals surface area contributed by atoms with Gasteiger partial charge in [-0.25, -0.2) is 8.78 Å². The summed E-state index contributed by atoms with van der Waals surface area (Å²) in [6.07, 6.45) is 1.45. The first-order chi connectivity index (χ1) is 6.50. The molecule has 5 heteroatoms. The first kappa shape index (κ1) is 9.68. The first-order valence-electron chi connectivity index (χ1n) is 4.97. The van der Waals surface area contributed by atoms with Crippen molar-refractivity contribution in [3.8, 4) is 0 Å². The molecular weight excluding hydrogens is 188 g/mol. The van der Waals surface area contributed by atoms with Crippen LogP contribution in [0.25, 0.3) is 0 Å². The minimum atomic E-state index is -2.55. The molecular formula is C9H15F2N3. The van der Waals surface area contributed by atoms with Crippen LogP contribution >= 0.6 is 0 Å². The number of guanidine groups is 1. The molecule has 2 fully saturated rings. The smallest absolute Gasteiger partial charge is 0.252 e. The number of nitrogens with one attached hydrogen (secondary N) is 1. The predicted molar refractivity (Wildman–Crippen MR) is 49.3 cm³/mol. The van der Waals surface area contributed by atoms with Gasteiger partial charge in [-0.3, -0.25) is 5.41 Å². The number of rotatable bonds is 0. The third kappa shape index (κ3) is 1.44. The minimum Gasteiger partial charge on any atom is -0.370 e. The van der Waals surface area contributed by atoms with Gasteiger partial charge in [0.1, 0.15) is 0 Å². The average Bonchev–Trinajstić information content (AvgIpc) is 2.48. The number of alkyl halides is 2. The molecule has 3 N–H and O–H groups in total. The van der Waals surface area contributed by atoms with Crippen molar-refractivity contribution in [2.45, 2.75) is 25.2 Å². The highest BCUT2D eigenvalue weighted by Gasteiger charge is 2.51. The maximum atomic E-state index is 13.5. The summed E-state index contributed by atoms with van der Waals surface area (Å²) in [7, 11) is 0. The van der Waals surface area contributed by atoms with Gasteiger partial charge in [-0.1, -0.05) is 0 Å². The predicted octanol–water partition coefficient (Wildman–Crippen LogP) is 1.25. The maximum Gasteiger partial charge on any atom is 0.252 e. The molecule has 2 unspecified atom stereocenters. The summed E-state index contributed by atoms with van der Waals surface area (Å²) in [5, 5.41) is 7.23. The molecule has 0 spiro atoms. The number of likely N-dealkylation sites (tertiary alicyclic amines) is 1. The Balaban J connectivity index is 2.12. The SMILES string of the molecule is N=C(N)N1CC2CCCC(F)(F)C2C1. The van der Waals surface area contributed by atoms with Gasteiger partial charge >= 0.3 is 0 Å². The van der Waals surface area contributed by atoms with Crippen LogP contribution in [0.15, 0.2) is 0 Å². The van der Waals surface area contributed by atoms with E-state index in [2.05, 4.69) is 0 Å². The van der Waals surface area contributed by atoms with Crippen LogP contribution in [-0.2, 0) is 0 Å². The molecule has 14 heavy (non-hydrogen) atoms. The monoisotopic (exact) mass is 203 g/mol. The lowest BCUT2D eigenvalue weighted by Gasteiger charge is -2.32. The Morgan fingerprint density at radius 2 is 2.14 bits per heavy atom. The van der Waals surface area contributed by atoms with Crippen molar-refractivity contribution in [2.24, 2.45) is 17.6 Å². The fraction of sp³-hybridized carbons (Fsp3) is 0.889. The van der Waals surface area contributed by atoms with Gasteiger partial charge in [0.25, 0.3) is 5.92 Å². The summed E-state index contributed by atoms with van der Waals surface area (Å²) in [5.41, 5.74) is 5.30. The van der Waals surface area contributed by atoms with E-state index in [0.717, 1.165) is 6.42 Å². The maximum absolute atomic E-state index is 13.5. The van der Waals surface area contributed by atoms with Gasteiger partial charge in [0.2, 0.25) is 0 Å². The van der Waals surface area contributed by atoms with Gasteiger partial charge in [0.05, 0.1) is 0 Å². The third-order valence-corrected chi connectivity index (χ3v) is 3.41. The third-order valence-electron chi connectivity index (χ3n) is 3.41. The normalized spacial score (nSPS) is 35.4. The van der Waals surface area contributed by atoms with Crippen LogP contribution in [0, 0.1) is 17.2 Å². The molecule has 2 atom stereocenters. The molecule has 0 aromatic rings. The van der Waals surface area contributed by atoms with E-state index in [1.807, 2.05) is 0 Å². The molecule has 0 radical (unpaired) electrons. The van der Waals surface area contributed by atoms with Crippen molar-refractivity contribution in [1.82, 2.24) is 4.90 Å². The van der Waals surface area contributed by atoms with Crippen LogP contribution in [0.5, 0.6) is 0 Å². The van der Waals surface area contributed by atoms with Crippen molar-refractivity contribution >= 4 is 5.96 Å². The standard InChI is InChI=1S/C9H15F2N3/c10-9(11)3-1-2-6-4-14(8(12)13)5-7(6)9/h6-7H,1-5H2,(H3,12,13). The molecule has 80 valence electrons. The topological polar surface area (TPSA) is 53.1 Å². The van der Waals surface area contributed by atoms with Crippen molar-refractivity contribution < 1.29 is 8.78 Å². The zero-order valence-electron chi connectivity index (χ0n) is 7.97. The van der Waals surface area contributed by atoms with Crippen molar-refractivity contribution in [3.05, 3.63) is 0 Å². The molecule has 1 saturated heterocycles. The summed E-state index contributed by atoms with van der Waals surface area (Å²) in [6, 6.07) is 0. The highest BCUT2D eigenvalue weighted by atomic mass is 19.3. The van der Waals surface area contributed by atoms with E-state index < -0.39 is 11.8 Å². The lowest BCUT2D eigenvalue weighted by Crippen LogP contribution is -2.38. The van der Waals surface area contributed by atoms with Crippen LogP contribution in [0.2, 0.25) is 0 Å². The van der Waals surface area contributed by atoms with Gasteiger partial charge in [0.15, 0.2) is 5.96 Å². The van der Waals surface area contributed by atoms with E-state index >= 15 is 0 Å². The van der Waals surface area contributed by atoms with E-state index in [0.29, 0.717) is 13.0 Å². The molecule has 1 aliphatic carbocycles. The minimum absolute atomic E-state index is 0.0000879. The molecule has 0 amide bonds. The summed E-state index contributed by atoms with van der Waals surface area (Å²) >= 11 is 0. The zero-order valence-corrected chi connectivity index (χ0v) is 7.97. The molecule has 3 nitrogen and oxygen atoms in total. The number of fused-ring (bicyclic) bond motifs is 1. The second-order valence-electron chi connectivity index (χ2n) is 4.31. The van der Waals surface area contributed by atoms with E-state index in [1.165, 1.54) is 0 Å². The lowest BCUT2D eigenvalue weighted by atomic mass is 9.79. The first-order valence-corrected chi connectivity index (χ1v) is 4.97. The summed E-state index contributed by atoms with van der Waals surface area (Å²) in [6.45, 7) is 0.794. The average molecular weight is 203 g/mol. The quantitative estimate of drug-likeness (QED) is 0.460. The zero-order chi connectivity index (χ0) is 10.3. The highest BCUT2D eigenvalue weighted by molar-refractivity contribution is 5.74. The summed E-state index contributed by atoms with van der Waals surface area (Å²) in [4.78, 5) is 1.56. The molecule has 1 aliphatic heterocycles. The second kappa shape index (κ2) is 3.07. The number of hydrogen-bond acceptors (Lipinski definition) is 1. The molecule has 1 saturated carbocycles. The number of nitrogens with zero attached hydrogens (tertiary/aromatic N) is 1. The highest BCUT2D eigenvalue weighted by Crippen LogP contribution is 2.45. The summed E-state index contributed by atoms with van der Waals surface area (Å²) in [5.74, 6) is -3.18. The van der Waals surface area contributed by atoms with Gasteiger partial charge in [-0.05, 0) is 18.8 Å². The van der Waals surface area contributed by atoms with Gasteiger partial charge in [0, 0.05) is 25.4 Å². The van der Waals surface area contributed by atoms with Gasteiger partial charge in [-0.2, -0.15) is 0 Å². The van der Waals surface area contributed by atoms with Gasteiger partial charge in [-0.15, -0.1) is 0 Å². The fourth-order valence-corrected chi connectivity index (χ4v) is 2.62. The van der Waals surface area contributed by atoms with Gasteiger partial charge < -0.3 is 10.6 Å². The van der Waals surface area contributed by atoms with E-state index in [-0.39, 0.29) is 24.8 Å². The van der Waals surface area contributed by atoms with Crippen molar-refractivity contribution in [1.29, 1.82) is 5.41 Å². The number of halogens is 2. The Morgan fingerprint density at radius 3 is 2.71 bits per heavy atom. The largest absolute Gasteiger partial charge is 0.370 e. The Morgan fingerprint density at radius 1 is 1.43 bits per heavy atom. The van der Waals surface area contributed by atoms with Crippen LogP contribution in [0.3, 0.4) is 0 Å². The Kier molecular flexibility index (Phi) is 2.12. The number of nitrogens with two attached hydrogens (primary N) is 1. The Hall–Kier alpha value is -0.870. The van der Waals surface area contributed by atoms with Crippen molar-refractivity contribution in [3.63, 3.8) is 0 Å². The number of hydrogen-bond donors (Lipinski definition) is 2. The van der Waals surface area contributed by atoms with E-state index in [1.54, 1.807) is 4.90 Å². The van der Waals surface area contributed by atoms with E-state index in [9.17, 15) is 8.78 Å². The van der Waals surface area contributed by atoms with Crippen LogP contribution < -0.4 is 5.73 Å². The van der Waals surface area contributed by atoms with Crippen molar-refractivity contribution in [2.75, 3.05) is 13.1 Å². The van der Waals surface area contributed by atoms with Crippen LogP contribution in [0.4, 0.5) is 8.78 Å². The summed E-state index contributed by atoms with van der Waals surface area (Å²) < 4.78 is 26.9. The second-order valence-corrected chi connectivity index (χ2v) is 4.31. The van der Waals surface area contributed by atoms with E-state index in [4.69, 9.17) is 11.1 Å². The molecule has 0 aromatic heterocycles. The molecule has 2 aliphatic rings. The molecule has 0 bridgehead atoms. The molecule has 0 aromatic carbocycles. The molecule has 1 heterocycles. The van der Waals surface area contributed by atoms with Crippen LogP contribution in [0.1, 0.15) is 19.3 Å². The fourth-order valence-electron chi connectivity index (χ4n) is 2.62. The Bertz CT molecular complexity index is 254. The Labute approximate surface area is 81.8 Å². The molecule has 2 rings (SSSR count). The lowest BCUT2D eigenvalue weighted by molar-refractivity contribution is -0.0940.